The number of nitrogens with zero attached hydrogens (tertiary/aromatic N) is 3. The molecule has 11 heteroatoms. The number of aromatic nitrogens is 1. The summed E-state index contributed by atoms with van der Waals surface area (Å²) in [7, 11) is -4.04. The van der Waals surface area contributed by atoms with Crippen LogP contribution in [0, 0.1) is 11.6 Å². The maximum Gasteiger partial charge on any atom is 0.246 e. The Bertz CT molecular complexity index is 1200. The number of benzene rings is 2. The van der Waals surface area contributed by atoms with E-state index in [2.05, 4.69) is 4.98 Å². The van der Waals surface area contributed by atoms with Gasteiger partial charge in [-0.3, -0.25) is 0 Å². The minimum atomic E-state index is -4.04. The minimum Gasteiger partial charge on any atom is -0.345 e. The van der Waals surface area contributed by atoms with Crippen molar-refractivity contribution in [2.24, 2.45) is 0 Å². The summed E-state index contributed by atoms with van der Waals surface area (Å²) in [5, 5.41) is 3.55. The Labute approximate surface area is 186 Å². The van der Waals surface area contributed by atoms with Crippen LogP contribution in [-0.2, 0) is 10.0 Å². The van der Waals surface area contributed by atoms with Crippen LogP contribution in [0.4, 0.5) is 13.9 Å². The molecule has 2 aromatic carbocycles. The molecule has 0 radical (unpaired) electrons. The van der Waals surface area contributed by atoms with Gasteiger partial charge in [0.2, 0.25) is 10.0 Å². The topological polar surface area (TPSA) is 53.5 Å². The summed E-state index contributed by atoms with van der Waals surface area (Å²) >= 11 is 13.5. The molecule has 0 saturated carbocycles. The standard InChI is InChI=1S/C19H15Cl2F2N3O2S2/c20-14-3-1-12(9-15(14)21)17-11-29-19(24-17)25-5-7-26(8-6-25)30(27,28)18-4-2-13(22)10-16(18)23/h1-4,9-11H,5-8H2. The van der Waals surface area contributed by atoms with Crippen LogP contribution in [0.5, 0.6) is 0 Å². The van der Waals surface area contributed by atoms with Crippen molar-refractivity contribution < 1.29 is 17.2 Å². The first-order chi connectivity index (χ1) is 14.3. The van der Waals surface area contributed by atoms with Crippen LogP contribution in [0.1, 0.15) is 0 Å². The molecule has 0 unspecified atom stereocenters. The van der Waals surface area contributed by atoms with Gasteiger partial charge in [-0.1, -0.05) is 29.3 Å². The third-order valence-electron chi connectivity index (χ3n) is 4.73. The Hall–Kier alpha value is -1.78. The maximum atomic E-state index is 14.0. The average Bonchev–Trinajstić information content (AvgIpc) is 3.20. The van der Waals surface area contributed by atoms with E-state index in [0.717, 1.165) is 28.5 Å². The lowest BCUT2D eigenvalue weighted by Crippen LogP contribution is -2.48. The average molecular weight is 490 g/mol. The highest BCUT2D eigenvalue weighted by Crippen LogP contribution is 2.32. The van der Waals surface area contributed by atoms with Gasteiger partial charge >= 0.3 is 0 Å². The molecule has 4 rings (SSSR count). The number of rotatable bonds is 4. The molecular formula is C19H15Cl2F2N3O2S2. The molecule has 0 aliphatic carbocycles. The normalized spacial score (nSPS) is 15.5. The van der Waals surface area contributed by atoms with Gasteiger partial charge in [0.05, 0.1) is 15.7 Å². The number of anilines is 1. The smallest absolute Gasteiger partial charge is 0.246 e. The molecule has 0 spiro atoms. The van der Waals surface area contributed by atoms with Gasteiger partial charge in [0.25, 0.3) is 0 Å². The quantitative estimate of drug-likeness (QED) is 0.522. The Morgan fingerprint density at radius 2 is 1.70 bits per heavy atom. The summed E-state index contributed by atoms with van der Waals surface area (Å²) in [6.07, 6.45) is 0. The molecule has 1 aliphatic heterocycles. The van der Waals surface area contributed by atoms with E-state index in [1.807, 2.05) is 16.3 Å². The SMILES string of the molecule is O=S(=O)(c1ccc(F)cc1F)N1CCN(c2nc(-c3ccc(Cl)c(Cl)c3)cs2)CC1. The van der Waals surface area contributed by atoms with Crippen molar-refractivity contribution >= 4 is 49.7 Å². The van der Waals surface area contributed by atoms with Crippen molar-refractivity contribution in [1.82, 2.24) is 9.29 Å². The molecular weight excluding hydrogens is 475 g/mol. The van der Waals surface area contributed by atoms with E-state index in [-0.39, 0.29) is 13.1 Å². The highest BCUT2D eigenvalue weighted by molar-refractivity contribution is 7.89. The Balaban J connectivity index is 1.47. The van der Waals surface area contributed by atoms with Gasteiger partial charge in [-0.2, -0.15) is 4.31 Å². The number of hydrogen-bond donors (Lipinski definition) is 0. The van der Waals surface area contributed by atoms with Crippen molar-refractivity contribution in [2.75, 3.05) is 31.1 Å². The zero-order chi connectivity index (χ0) is 21.5. The highest BCUT2D eigenvalue weighted by Gasteiger charge is 2.31. The second-order valence-electron chi connectivity index (χ2n) is 6.61. The number of piperazine rings is 1. The molecule has 1 fully saturated rings. The van der Waals surface area contributed by atoms with Gasteiger partial charge in [0.15, 0.2) is 5.13 Å². The molecule has 0 atom stereocenters. The van der Waals surface area contributed by atoms with E-state index in [1.165, 1.54) is 15.6 Å². The number of hydrogen-bond acceptors (Lipinski definition) is 5. The molecule has 1 aliphatic rings. The first-order valence-corrected chi connectivity index (χ1v) is 11.9. The van der Waals surface area contributed by atoms with Crippen LogP contribution in [0.25, 0.3) is 11.3 Å². The first kappa shape index (κ1) is 21.5. The second-order valence-corrected chi connectivity index (χ2v) is 10.2. The summed E-state index contributed by atoms with van der Waals surface area (Å²) in [4.78, 5) is 6.07. The van der Waals surface area contributed by atoms with Crippen LogP contribution < -0.4 is 4.90 Å². The fourth-order valence-corrected chi connectivity index (χ4v) is 5.79. The molecule has 1 aromatic heterocycles. The number of thiazole rings is 1. The molecule has 1 saturated heterocycles. The van der Waals surface area contributed by atoms with Crippen molar-refractivity contribution in [1.29, 1.82) is 0 Å². The molecule has 0 amide bonds. The third kappa shape index (κ3) is 4.17. The molecule has 3 aromatic rings. The van der Waals surface area contributed by atoms with Crippen molar-refractivity contribution in [2.45, 2.75) is 4.90 Å². The van der Waals surface area contributed by atoms with E-state index in [1.54, 1.807) is 12.1 Å². The van der Waals surface area contributed by atoms with Gasteiger partial charge in [-0.25, -0.2) is 22.2 Å². The van der Waals surface area contributed by atoms with Crippen molar-refractivity contribution in [3.8, 4) is 11.3 Å². The Morgan fingerprint density at radius 3 is 2.37 bits per heavy atom. The monoisotopic (exact) mass is 489 g/mol. The minimum absolute atomic E-state index is 0.167. The van der Waals surface area contributed by atoms with Gasteiger partial charge < -0.3 is 4.90 Å². The summed E-state index contributed by atoms with van der Waals surface area (Å²) in [6, 6.07) is 7.74. The van der Waals surface area contributed by atoms with E-state index < -0.39 is 26.6 Å². The van der Waals surface area contributed by atoms with E-state index in [9.17, 15) is 17.2 Å². The largest absolute Gasteiger partial charge is 0.345 e. The lowest BCUT2D eigenvalue weighted by Gasteiger charge is -2.33. The van der Waals surface area contributed by atoms with Crippen LogP contribution in [0.15, 0.2) is 46.7 Å². The predicted octanol–water partition coefficient (Wildman–Crippen LogP) is 4.91. The number of halogens is 4. The summed E-state index contributed by atoms with van der Waals surface area (Å²) in [6.45, 7) is 1.13. The van der Waals surface area contributed by atoms with Gasteiger partial charge in [-0.05, 0) is 24.3 Å². The van der Waals surface area contributed by atoms with Crippen LogP contribution in [-0.4, -0.2) is 43.9 Å². The molecule has 0 N–H and O–H groups in total. The van der Waals surface area contributed by atoms with E-state index in [4.69, 9.17) is 23.2 Å². The second kappa shape index (κ2) is 8.39. The lowest BCUT2D eigenvalue weighted by atomic mass is 10.2. The molecule has 0 bridgehead atoms. The lowest BCUT2D eigenvalue weighted by molar-refractivity contribution is 0.382. The fourth-order valence-electron chi connectivity index (χ4n) is 3.14. The Morgan fingerprint density at radius 1 is 0.967 bits per heavy atom. The zero-order valence-electron chi connectivity index (χ0n) is 15.4. The van der Waals surface area contributed by atoms with Gasteiger partial charge in [0.1, 0.15) is 16.5 Å². The maximum absolute atomic E-state index is 14.0. The molecule has 158 valence electrons. The first-order valence-electron chi connectivity index (χ1n) is 8.87. The summed E-state index contributed by atoms with van der Waals surface area (Å²) < 4.78 is 53.7. The van der Waals surface area contributed by atoms with Crippen LogP contribution in [0.3, 0.4) is 0 Å². The highest BCUT2D eigenvalue weighted by atomic mass is 35.5. The Kier molecular flexibility index (Phi) is 6.00. The van der Waals surface area contributed by atoms with E-state index in [0.29, 0.717) is 29.2 Å². The molecule has 30 heavy (non-hydrogen) atoms. The predicted molar refractivity (Wildman–Crippen MR) is 115 cm³/mol. The molecule has 5 nitrogen and oxygen atoms in total. The van der Waals surface area contributed by atoms with Crippen molar-refractivity contribution in [3.63, 3.8) is 0 Å². The number of sulfonamides is 1. The third-order valence-corrected chi connectivity index (χ3v) is 8.30. The zero-order valence-corrected chi connectivity index (χ0v) is 18.5. The summed E-state index contributed by atoms with van der Waals surface area (Å²) in [5.74, 6) is -1.92. The van der Waals surface area contributed by atoms with Gasteiger partial charge in [0, 0.05) is 43.2 Å². The fraction of sp³-hybridized carbons (Fsp3) is 0.211. The van der Waals surface area contributed by atoms with Gasteiger partial charge in [-0.15, -0.1) is 11.3 Å². The summed E-state index contributed by atoms with van der Waals surface area (Å²) in [5.41, 5.74) is 1.58. The van der Waals surface area contributed by atoms with Crippen LogP contribution in [0.2, 0.25) is 10.0 Å². The molecule has 2 heterocycles. The van der Waals surface area contributed by atoms with Crippen molar-refractivity contribution in [3.05, 3.63) is 63.5 Å². The van der Waals surface area contributed by atoms with E-state index >= 15 is 0 Å². The van der Waals surface area contributed by atoms with Crippen LogP contribution >= 0.6 is 34.5 Å².